The fourth-order valence-electron chi connectivity index (χ4n) is 2.46. The minimum Gasteiger partial charge on any atom is -0.464 e. The van der Waals surface area contributed by atoms with Crippen molar-refractivity contribution in [3.8, 4) is 0 Å². The molecule has 7 heteroatoms. The van der Waals surface area contributed by atoms with E-state index in [0.29, 0.717) is 17.3 Å². The molecule has 1 aliphatic rings. The van der Waals surface area contributed by atoms with Gasteiger partial charge in [-0.15, -0.1) is 0 Å². The van der Waals surface area contributed by atoms with Gasteiger partial charge in [-0.25, -0.2) is 4.79 Å². The fourth-order valence-corrected chi connectivity index (χ4v) is 2.46. The Labute approximate surface area is 132 Å². The maximum Gasteiger partial charge on any atom is 0.356 e. The summed E-state index contributed by atoms with van der Waals surface area (Å²) in [6.07, 6.45) is 2.04. The molecule has 0 bridgehead atoms. The number of nitrogens with one attached hydrogen (secondary N) is 3. The maximum atomic E-state index is 12.4. The first kappa shape index (κ1) is 15.1. The lowest BCUT2D eigenvalue weighted by atomic mass is 10.1. The predicted octanol–water partition coefficient (Wildman–Crippen LogP) is 1.93. The average molecular weight is 315 g/mol. The topological polar surface area (TPSA) is 104 Å². The monoisotopic (exact) mass is 315 g/mol. The van der Waals surface area contributed by atoms with Crippen LogP contribution in [0.3, 0.4) is 0 Å². The first-order valence-electron chi connectivity index (χ1n) is 7.31. The smallest absolute Gasteiger partial charge is 0.356 e. The zero-order chi connectivity index (χ0) is 16.6. The number of methoxy groups -OCH3 is 1. The molecule has 2 aromatic heterocycles. The minimum atomic E-state index is -0.571. The van der Waals surface area contributed by atoms with Crippen LogP contribution in [-0.4, -0.2) is 29.0 Å². The van der Waals surface area contributed by atoms with E-state index in [2.05, 4.69) is 20.0 Å². The summed E-state index contributed by atoms with van der Waals surface area (Å²) in [5.74, 6) is -0.685. The molecule has 2 aromatic rings. The van der Waals surface area contributed by atoms with Gasteiger partial charge >= 0.3 is 5.97 Å². The van der Waals surface area contributed by atoms with Crippen molar-refractivity contribution >= 4 is 17.6 Å². The number of amides is 1. The molecule has 1 fully saturated rings. The summed E-state index contributed by atoms with van der Waals surface area (Å²) in [5.41, 5.74) is 1.95. The Bertz CT molecular complexity index is 830. The van der Waals surface area contributed by atoms with Crippen molar-refractivity contribution in [1.82, 2.24) is 9.97 Å². The van der Waals surface area contributed by atoms with E-state index >= 15 is 0 Å². The number of pyridine rings is 1. The quantitative estimate of drug-likeness (QED) is 0.750. The third-order valence-corrected chi connectivity index (χ3v) is 3.73. The summed E-state index contributed by atoms with van der Waals surface area (Å²) in [6.45, 7) is 1.76. The largest absolute Gasteiger partial charge is 0.464 e. The second kappa shape index (κ2) is 5.75. The molecule has 1 amide bonds. The summed E-state index contributed by atoms with van der Waals surface area (Å²) in [6, 6.07) is 4.57. The van der Waals surface area contributed by atoms with Crippen LogP contribution in [0.2, 0.25) is 0 Å². The SMILES string of the molecule is COC(=O)c1[nH]c(C)cc1NC(=O)c1cc(C2CC2)[nH]c(=O)c1. The average Bonchev–Trinajstić information content (AvgIpc) is 3.30. The van der Waals surface area contributed by atoms with E-state index in [1.807, 2.05) is 0 Å². The summed E-state index contributed by atoms with van der Waals surface area (Å²) >= 11 is 0. The van der Waals surface area contributed by atoms with Gasteiger partial charge in [0.15, 0.2) is 0 Å². The molecule has 3 N–H and O–H groups in total. The van der Waals surface area contributed by atoms with Gasteiger partial charge in [-0.1, -0.05) is 0 Å². The number of ether oxygens (including phenoxy) is 1. The highest BCUT2D eigenvalue weighted by Crippen LogP contribution is 2.38. The van der Waals surface area contributed by atoms with Gasteiger partial charge < -0.3 is 20.0 Å². The maximum absolute atomic E-state index is 12.4. The molecule has 7 nitrogen and oxygen atoms in total. The molecule has 3 rings (SSSR count). The van der Waals surface area contributed by atoms with Crippen molar-refractivity contribution in [2.75, 3.05) is 12.4 Å². The van der Waals surface area contributed by atoms with Gasteiger partial charge in [0.1, 0.15) is 5.69 Å². The molecule has 0 saturated heterocycles. The number of hydrogen-bond acceptors (Lipinski definition) is 4. The number of aryl methyl sites for hydroxylation is 1. The molecule has 1 aliphatic carbocycles. The van der Waals surface area contributed by atoms with E-state index in [4.69, 9.17) is 0 Å². The molecule has 0 aliphatic heterocycles. The van der Waals surface area contributed by atoms with Gasteiger partial charge in [-0.05, 0) is 37.8 Å². The molecular weight excluding hydrogens is 298 g/mol. The number of anilines is 1. The standard InChI is InChI=1S/C16H17N3O4/c1-8-5-12(14(17-8)16(22)23-2)19-15(21)10-6-11(9-3-4-9)18-13(20)7-10/h5-7,9,17H,3-4H2,1-2H3,(H,18,20)(H,19,21). The van der Waals surface area contributed by atoms with Crippen LogP contribution in [0, 0.1) is 6.92 Å². The van der Waals surface area contributed by atoms with Gasteiger partial charge in [-0.3, -0.25) is 9.59 Å². The Kier molecular flexibility index (Phi) is 3.77. The van der Waals surface area contributed by atoms with Gasteiger partial charge in [0.25, 0.3) is 5.91 Å². The Morgan fingerprint density at radius 3 is 2.61 bits per heavy atom. The molecule has 0 spiro atoms. The molecule has 23 heavy (non-hydrogen) atoms. The number of esters is 1. The number of H-pyrrole nitrogens is 2. The lowest BCUT2D eigenvalue weighted by Gasteiger charge is -2.07. The van der Waals surface area contributed by atoms with Crippen LogP contribution in [0.4, 0.5) is 5.69 Å². The highest BCUT2D eigenvalue weighted by molar-refractivity contribution is 6.07. The molecule has 0 radical (unpaired) electrons. The second-order valence-corrected chi connectivity index (χ2v) is 5.65. The van der Waals surface area contributed by atoms with E-state index in [9.17, 15) is 14.4 Å². The second-order valence-electron chi connectivity index (χ2n) is 5.65. The zero-order valence-corrected chi connectivity index (χ0v) is 12.9. The van der Waals surface area contributed by atoms with E-state index in [-0.39, 0.29) is 16.8 Å². The van der Waals surface area contributed by atoms with E-state index in [1.54, 1.807) is 19.1 Å². The number of carbonyl (C=O) groups excluding carboxylic acids is 2. The molecule has 0 aromatic carbocycles. The van der Waals surface area contributed by atoms with Crippen molar-refractivity contribution in [2.24, 2.45) is 0 Å². The molecule has 2 heterocycles. The number of aromatic amines is 2. The van der Waals surface area contributed by atoms with Crippen LogP contribution in [0.25, 0.3) is 0 Å². The number of carbonyl (C=O) groups is 2. The van der Waals surface area contributed by atoms with Crippen LogP contribution in [0.15, 0.2) is 23.0 Å². The van der Waals surface area contributed by atoms with Crippen molar-refractivity contribution in [1.29, 1.82) is 0 Å². The van der Waals surface area contributed by atoms with E-state index in [1.165, 1.54) is 13.2 Å². The molecule has 1 saturated carbocycles. The lowest BCUT2D eigenvalue weighted by Crippen LogP contribution is -2.18. The third-order valence-electron chi connectivity index (χ3n) is 3.73. The zero-order valence-electron chi connectivity index (χ0n) is 12.9. The van der Waals surface area contributed by atoms with E-state index in [0.717, 1.165) is 18.5 Å². The summed E-state index contributed by atoms with van der Waals surface area (Å²) < 4.78 is 4.68. The Morgan fingerprint density at radius 2 is 1.96 bits per heavy atom. The van der Waals surface area contributed by atoms with Crippen molar-refractivity contribution in [3.63, 3.8) is 0 Å². The Morgan fingerprint density at radius 1 is 1.22 bits per heavy atom. The minimum absolute atomic E-state index is 0.172. The number of aromatic nitrogens is 2. The number of hydrogen-bond donors (Lipinski definition) is 3. The van der Waals surface area contributed by atoms with Gasteiger partial charge in [0, 0.05) is 23.0 Å². The highest BCUT2D eigenvalue weighted by atomic mass is 16.5. The van der Waals surface area contributed by atoms with Gasteiger partial charge in [0.2, 0.25) is 5.56 Å². The van der Waals surface area contributed by atoms with Crippen molar-refractivity contribution < 1.29 is 14.3 Å². The van der Waals surface area contributed by atoms with Crippen molar-refractivity contribution in [2.45, 2.75) is 25.7 Å². The lowest BCUT2D eigenvalue weighted by molar-refractivity contribution is 0.0596. The molecule has 120 valence electrons. The van der Waals surface area contributed by atoms with Crippen LogP contribution in [0.1, 0.15) is 51.0 Å². The fraction of sp³-hybridized carbons (Fsp3) is 0.312. The Hall–Kier alpha value is -2.83. The van der Waals surface area contributed by atoms with Crippen LogP contribution < -0.4 is 10.9 Å². The predicted molar refractivity (Wildman–Crippen MR) is 83.9 cm³/mol. The normalized spacial score (nSPS) is 13.7. The van der Waals surface area contributed by atoms with Crippen LogP contribution >= 0.6 is 0 Å². The molecule has 0 unspecified atom stereocenters. The van der Waals surface area contributed by atoms with E-state index < -0.39 is 11.9 Å². The first-order valence-corrected chi connectivity index (χ1v) is 7.31. The van der Waals surface area contributed by atoms with Crippen LogP contribution in [0.5, 0.6) is 0 Å². The van der Waals surface area contributed by atoms with Gasteiger partial charge in [-0.2, -0.15) is 0 Å². The third kappa shape index (κ3) is 3.18. The summed E-state index contributed by atoms with van der Waals surface area (Å²) in [5, 5.41) is 2.65. The first-order chi connectivity index (χ1) is 11.0. The van der Waals surface area contributed by atoms with Crippen LogP contribution in [-0.2, 0) is 4.74 Å². The Balaban J connectivity index is 1.88. The summed E-state index contributed by atoms with van der Waals surface area (Å²) in [4.78, 5) is 41.4. The van der Waals surface area contributed by atoms with Gasteiger partial charge in [0.05, 0.1) is 12.8 Å². The molecule has 0 atom stereocenters. The molecular formula is C16H17N3O4. The highest BCUT2D eigenvalue weighted by Gasteiger charge is 2.26. The summed E-state index contributed by atoms with van der Waals surface area (Å²) in [7, 11) is 1.27. The van der Waals surface area contributed by atoms with Crippen molar-refractivity contribution in [3.05, 3.63) is 51.2 Å². The number of rotatable bonds is 4.